The molecule has 0 atom stereocenters. The first-order chi connectivity index (χ1) is 8.75. The summed E-state index contributed by atoms with van der Waals surface area (Å²) in [4.78, 5) is 10.7. The van der Waals surface area contributed by atoms with Crippen LogP contribution in [0, 0.1) is 0 Å². The van der Waals surface area contributed by atoms with Gasteiger partial charge in [-0.25, -0.2) is 12.1 Å². The zero-order chi connectivity index (χ0) is 13.2. The molecule has 0 fully saturated rings. The molecule has 0 aliphatic rings. The van der Waals surface area contributed by atoms with E-state index in [1.54, 1.807) is 12.1 Å². The van der Waals surface area contributed by atoms with Crippen molar-refractivity contribution in [1.82, 2.24) is 0 Å². The van der Waals surface area contributed by atoms with Crippen LogP contribution < -0.4 is 0 Å². The van der Waals surface area contributed by atoms with Crippen molar-refractivity contribution in [3.05, 3.63) is 59.7 Å². The Morgan fingerprint density at radius 3 is 2.26 bits per heavy atom. The van der Waals surface area contributed by atoms with Gasteiger partial charge in [-0.05, 0) is 12.0 Å². The molecule has 0 aliphatic heterocycles. The first-order valence-electron chi connectivity index (χ1n) is 5.96. The van der Waals surface area contributed by atoms with Gasteiger partial charge in [0.2, 0.25) is 0 Å². The number of alkyl halides is 1. The molecule has 0 saturated carbocycles. The number of unbranched alkanes of at least 4 members (excludes halogenated alkanes) is 1. The fraction of sp³-hybridized carbons (Fsp3) is 0.267. The number of carboxylic acids is 1. The number of carboxylic acid groups (broad SMARTS) is 1. The van der Waals surface area contributed by atoms with E-state index in [0.29, 0.717) is 11.4 Å². The third-order valence-corrected chi connectivity index (χ3v) is 2.79. The van der Waals surface area contributed by atoms with E-state index < -0.39 is 5.97 Å². The SMILES string of the molecule is O=C(O)[c-]1cccc1CCCCCl.[Fe].[cH-]1[cH-][cH-][cH-][cH-]1. The molecule has 0 unspecified atom stereocenters. The molecule has 4 heteroatoms. The molecule has 0 aliphatic carbocycles. The molecular weight excluding hydrogens is 303 g/mol. The molecule has 110 valence electrons. The van der Waals surface area contributed by atoms with Crippen molar-refractivity contribution in [1.29, 1.82) is 0 Å². The van der Waals surface area contributed by atoms with Crippen LogP contribution >= 0.6 is 11.6 Å². The number of hydrogen-bond acceptors (Lipinski definition) is 1. The maximum Gasteiger partial charge on any atom is 0.278 e. The average Bonchev–Trinajstić information content (AvgIpc) is 3.03. The van der Waals surface area contributed by atoms with Crippen molar-refractivity contribution in [3.63, 3.8) is 0 Å². The summed E-state index contributed by atoms with van der Waals surface area (Å²) < 4.78 is 0. The van der Waals surface area contributed by atoms with E-state index in [2.05, 4.69) is 0 Å². The van der Waals surface area contributed by atoms with Crippen LogP contribution in [0.3, 0.4) is 0 Å². The smallest absolute Gasteiger partial charge is 0.278 e. The molecule has 2 rings (SSSR count). The molecule has 0 saturated heterocycles. The number of aromatic carboxylic acids is 1. The Bertz CT molecular complexity index is 417. The summed E-state index contributed by atoms with van der Waals surface area (Å²) in [5.74, 6) is -0.200. The van der Waals surface area contributed by atoms with Crippen LogP contribution in [0.15, 0.2) is 48.5 Å². The fourth-order valence-corrected chi connectivity index (χ4v) is 1.80. The first kappa shape index (κ1) is 18.0. The normalized spacial score (nSPS) is 9.11. The van der Waals surface area contributed by atoms with Gasteiger partial charge in [0.15, 0.2) is 0 Å². The van der Waals surface area contributed by atoms with Crippen molar-refractivity contribution in [3.8, 4) is 0 Å². The van der Waals surface area contributed by atoms with Crippen LogP contribution in [0.25, 0.3) is 0 Å². The second-order valence-corrected chi connectivity index (χ2v) is 4.26. The number of aryl methyl sites for hydroxylation is 1. The Hall–Kier alpha value is -1.02. The van der Waals surface area contributed by atoms with Gasteiger partial charge in [-0.1, -0.05) is 12.8 Å². The van der Waals surface area contributed by atoms with Crippen LogP contribution in [0.1, 0.15) is 28.8 Å². The van der Waals surface area contributed by atoms with Gasteiger partial charge in [0.25, 0.3) is 5.97 Å². The van der Waals surface area contributed by atoms with Crippen molar-refractivity contribution in [2.45, 2.75) is 19.3 Å². The van der Waals surface area contributed by atoms with Crippen molar-refractivity contribution >= 4 is 17.6 Å². The van der Waals surface area contributed by atoms with Gasteiger partial charge in [-0.15, -0.1) is 11.6 Å². The summed E-state index contributed by atoms with van der Waals surface area (Å²) in [6.07, 6.45) is 2.70. The molecule has 0 heterocycles. The van der Waals surface area contributed by atoms with Gasteiger partial charge >= 0.3 is 0 Å². The topological polar surface area (TPSA) is 37.3 Å². The minimum atomic E-state index is -0.842. The largest absolute Gasteiger partial charge is 0.748 e. The Morgan fingerprint density at radius 2 is 1.79 bits per heavy atom. The van der Waals surface area contributed by atoms with Crippen molar-refractivity contribution in [2.24, 2.45) is 0 Å². The average molecular weight is 321 g/mol. The Morgan fingerprint density at radius 1 is 1.21 bits per heavy atom. The van der Waals surface area contributed by atoms with E-state index in [0.717, 1.165) is 24.8 Å². The van der Waals surface area contributed by atoms with Gasteiger partial charge in [-0.3, -0.25) is 4.79 Å². The molecule has 0 spiro atoms. The van der Waals surface area contributed by atoms with E-state index in [1.165, 1.54) is 0 Å². The van der Waals surface area contributed by atoms with Crippen LogP contribution in [-0.4, -0.2) is 17.0 Å². The molecule has 2 aromatic rings. The van der Waals surface area contributed by atoms with E-state index in [9.17, 15) is 4.79 Å². The van der Waals surface area contributed by atoms with Gasteiger partial charge in [0.05, 0.1) is 0 Å². The third kappa shape index (κ3) is 7.22. The van der Waals surface area contributed by atoms with Gasteiger partial charge in [0, 0.05) is 22.9 Å². The second-order valence-electron chi connectivity index (χ2n) is 3.88. The zero-order valence-electron chi connectivity index (χ0n) is 10.5. The summed E-state index contributed by atoms with van der Waals surface area (Å²) in [6, 6.07) is 15.3. The van der Waals surface area contributed by atoms with Crippen LogP contribution in [-0.2, 0) is 23.5 Å². The van der Waals surface area contributed by atoms with Crippen LogP contribution in [0.2, 0.25) is 0 Å². The van der Waals surface area contributed by atoms with Crippen molar-refractivity contribution < 1.29 is 27.0 Å². The predicted molar refractivity (Wildman–Crippen MR) is 74.7 cm³/mol. The van der Waals surface area contributed by atoms with Gasteiger partial charge in [0.1, 0.15) is 0 Å². The predicted octanol–water partition coefficient (Wildman–Crippen LogP) is 4.07. The fourth-order valence-electron chi connectivity index (χ4n) is 1.61. The minimum absolute atomic E-state index is 0. The quantitative estimate of drug-likeness (QED) is 0.390. The monoisotopic (exact) mass is 320 g/mol. The molecule has 2 aromatic carbocycles. The third-order valence-electron chi connectivity index (χ3n) is 2.52. The zero-order valence-corrected chi connectivity index (χ0v) is 12.4. The van der Waals surface area contributed by atoms with E-state index in [4.69, 9.17) is 16.7 Å². The van der Waals surface area contributed by atoms with Gasteiger partial charge in [-0.2, -0.15) is 11.6 Å². The Balaban J connectivity index is 0.000000454. The Labute approximate surface area is 129 Å². The van der Waals surface area contributed by atoms with E-state index in [1.807, 2.05) is 36.4 Å². The van der Waals surface area contributed by atoms with Crippen LogP contribution in [0.5, 0.6) is 0 Å². The summed E-state index contributed by atoms with van der Waals surface area (Å²) in [5.41, 5.74) is 1.34. The van der Waals surface area contributed by atoms with Gasteiger partial charge < -0.3 is 35.4 Å². The molecule has 0 radical (unpaired) electrons. The maximum absolute atomic E-state index is 10.7. The second kappa shape index (κ2) is 10.9. The number of hydrogen-bond donors (Lipinski definition) is 1. The molecule has 19 heavy (non-hydrogen) atoms. The molecule has 0 amide bonds. The summed E-state index contributed by atoms with van der Waals surface area (Å²) in [7, 11) is 0. The summed E-state index contributed by atoms with van der Waals surface area (Å²) >= 11 is 5.53. The van der Waals surface area contributed by atoms with Crippen molar-refractivity contribution in [2.75, 3.05) is 5.88 Å². The van der Waals surface area contributed by atoms with E-state index in [-0.39, 0.29) is 17.1 Å². The number of halogens is 1. The summed E-state index contributed by atoms with van der Waals surface area (Å²) in [6.45, 7) is 0. The van der Waals surface area contributed by atoms with Crippen LogP contribution in [0.4, 0.5) is 0 Å². The summed E-state index contributed by atoms with van der Waals surface area (Å²) in [5, 5.41) is 8.79. The molecule has 1 N–H and O–H groups in total. The molecule has 0 aromatic heterocycles. The Kier molecular flexibility index (Phi) is 10.3. The standard InChI is InChI=1S/C10H12ClO2.C5H5.Fe/c11-7-2-1-4-8-5-3-6-9(8)10(12)13;1-2-4-5-3-1;/h3,5-6H,1-2,4,7H2,(H,12,13);1-5H;/q-1;-5;. The minimum Gasteiger partial charge on any atom is -0.748 e. The molecule has 0 bridgehead atoms. The number of carbonyl (C=O) groups is 1. The number of rotatable bonds is 5. The maximum atomic E-state index is 10.7. The molecule has 2 nitrogen and oxygen atoms in total. The first-order valence-corrected chi connectivity index (χ1v) is 6.49. The van der Waals surface area contributed by atoms with E-state index >= 15 is 0 Å². The molecular formula is C15H17ClFeO2-6.